The molecule has 0 spiro atoms. The number of hydrogen-bond acceptors (Lipinski definition) is 3. The minimum absolute atomic E-state index is 0.301. The Bertz CT molecular complexity index is 477. The van der Waals surface area contributed by atoms with Crippen molar-refractivity contribution in [3.8, 4) is 0 Å². The lowest BCUT2D eigenvalue weighted by atomic mass is 9.96. The molecular weight excluding hydrogens is 274 g/mol. The minimum atomic E-state index is -0.301. The molecule has 1 rings (SSSR count). The third-order valence-corrected chi connectivity index (χ3v) is 3.67. The molecular formula is C19H29NO2. The van der Waals surface area contributed by atoms with Gasteiger partial charge in [-0.25, -0.2) is 4.79 Å². The molecule has 0 bridgehead atoms. The summed E-state index contributed by atoms with van der Waals surface area (Å²) in [7, 11) is 0. The molecule has 0 radical (unpaired) electrons. The highest BCUT2D eigenvalue weighted by molar-refractivity contribution is 5.87. The number of benzene rings is 1. The molecule has 0 aliphatic heterocycles. The summed E-state index contributed by atoms with van der Waals surface area (Å²) in [4.78, 5) is 11.5. The molecule has 0 fully saturated rings. The van der Waals surface area contributed by atoms with Gasteiger partial charge in [-0.2, -0.15) is 0 Å². The molecule has 0 unspecified atom stereocenters. The Morgan fingerprint density at radius 2 is 1.64 bits per heavy atom. The topological polar surface area (TPSA) is 52.3 Å². The van der Waals surface area contributed by atoms with Gasteiger partial charge in [0, 0.05) is 11.8 Å². The van der Waals surface area contributed by atoms with Crippen LogP contribution in [0.25, 0.3) is 6.08 Å². The van der Waals surface area contributed by atoms with Crippen molar-refractivity contribution in [1.82, 2.24) is 0 Å². The SMILES string of the molecule is CCCCc1cc(/C=C/C(=O)OCC)cc(CCCC)c1N. The van der Waals surface area contributed by atoms with Crippen LogP contribution in [0.15, 0.2) is 18.2 Å². The first-order valence-electron chi connectivity index (χ1n) is 8.38. The fourth-order valence-electron chi connectivity index (χ4n) is 2.40. The number of carbonyl (C=O) groups excluding carboxylic acids is 1. The van der Waals surface area contributed by atoms with Gasteiger partial charge in [0.05, 0.1) is 6.61 Å². The molecule has 122 valence electrons. The first-order valence-corrected chi connectivity index (χ1v) is 8.38. The van der Waals surface area contributed by atoms with Crippen LogP contribution in [0.5, 0.6) is 0 Å². The van der Waals surface area contributed by atoms with Crippen molar-refractivity contribution in [2.45, 2.75) is 59.3 Å². The minimum Gasteiger partial charge on any atom is -0.463 e. The highest BCUT2D eigenvalue weighted by Gasteiger charge is 2.07. The predicted octanol–water partition coefficient (Wildman–Crippen LogP) is 4.53. The van der Waals surface area contributed by atoms with Gasteiger partial charge in [0.1, 0.15) is 0 Å². The fourth-order valence-corrected chi connectivity index (χ4v) is 2.40. The zero-order valence-electron chi connectivity index (χ0n) is 14.2. The Balaban J connectivity index is 3.01. The van der Waals surface area contributed by atoms with Crippen LogP contribution in [0.1, 0.15) is 63.1 Å². The van der Waals surface area contributed by atoms with Crippen molar-refractivity contribution in [2.24, 2.45) is 0 Å². The summed E-state index contributed by atoms with van der Waals surface area (Å²) in [5, 5.41) is 0. The normalized spacial score (nSPS) is 11.0. The quantitative estimate of drug-likeness (QED) is 0.414. The van der Waals surface area contributed by atoms with E-state index >= 15 is 0 Å². The maximum Gasteiger partial charge on any atom is 0.330 e. The average Bonchev–Trinajstić information content (AvgIpc) is 2.51. The van der Waals surface area contributed by atoms with Gasteiger partial charge >= 0.3 is 5.97 Å². The molecule has 22 heavy (non-hydrogen) atoms. The van der Waals surface area contributed by atoms with E-state index in [-0.39, 0.29) is 5.97 Å². The van der Waals surface area contributed by atoms with Crippen LogP contribution in [0.3, 0.4) is 0 Å². The van der Waals surface area contributed by atoms with Crippen molar-refractivity contribution in [3.05, 3.63) is 34.9 Å². The standard InChI is InChI=1S/C19H29NO2/c1-4-7-9-16-13-15(11-12-18(21)22-6-3)14-17(19(16)20)10-8-5-2/h11-14H,4-10,20H2,1-3H3/b12-11+. The van der Waals surface area contributed by atoms with E-state index in [9.17, 15) is 4.79 Å². The second-order valence-electron chi connectivity index (χ2n) is 5.55. The molecule has 0 aromatic heterocycles. The molecule has 2 N–H and O–H groups in total. The van der Waals surface area contributed by atoms with Crippen LogP contribution < -0.4 is 5.73 Å². The van der Waals surface area contributed by atoms with E-state index in [2.05, 4.69) is 26.0 Å². The van der Waals surface area contributed by atoms with Crippen LogP contribution in [-0.4, -0.2) is 12.6 Å². The lowest BCUT2D eigenvalue weighted by Gasteiger charge is -2.13. The number of nitrogen functional groups attached to an aromatic ring is 1. The van der Waals surface area contributed by atoms with E-state index in [4.69, 9.17) is 10.5 Å². The second kappa shape index (κ2) is 10.0. The van der Waals surface area contributed by atoms with E-state index in [1.807, 2.05) is 6.08 Å². The van der Waals surface area contributed by atoms with Crippen LogP contribution >= 0.6 is 0 Å². The number of esters is 1. The first-order chi connectivity index (χ1) is 10.6. The summed E-state index contributed by atoms with van der Waals surface area (Å²) in [6.07, 6.45) is 9.83. The zero-order chi connectivity index (χ0) is 16.4. The van der Waals surface area contributed by atoms with E-state index in [1.54, 1.807) is 6.92 Å². The van der Waals surface area contributed by atoms with Crippen molar-refractivity contribution in [2.75, 3.05) is 12.3 Å². The van der Waals surface area contributed by atoms with Crippen LogP contribution in [0, 0.1) is 0 Å². The third kappa shape index (κ3) is 5.92. The summed E-state index contributed by atoms with van der Waals surface area (Å²) in [5.74, 6) is -0.301. The van der Waals surface area contributed by atoms with Crippen molar-refractivity contribution in [3.63, 3.8) is 0 Å². The molecule has 0 aliphatic rings. The van der Waals surface area contributed by atoms with Crippen molar-refractivity contribution in [1.29, 1.82) is 0 Å². The number of aryl methyl sites for hydroxylation is 2. The first kappa shape index (κ1) is 18.3. The maximum absolute atomic E-state index is 11.5. The summed E-state index contributed by atoms with van der Waals surface area (Å²) < 4.78 is 4.93. The molecule has 3 heteroatoms. The molecule has 0 aliphatic carbocycles. The monoisotopic (exact) mass is 303 g/mol. The highest BCUT2D eigenvalue weighted by Crippen LogP contribution is 2.24. The molecule has 0 saturated carbocycles. The molecule has 3 nitrogen and oxygen atoms in total. The molecule has 1 aromatic rings. The number of carbonyl (C=O) groups is 1. The van der Waals surface area contributed by atoms with Gasteiger partial charge in [0.2, 0.25) is 0 Å². The van der Waals surface area contributed by atoms with Gasteiger partial charge in [0.25, 0.3) is 0 Å². The predicted molar refractivity (Wildman–Crippen MR) is 93.7 cm³/mol. The Labute approximate surface area is 134 Å². The summed E-state index contributed by atoms with van der Waals surface area (Å²) in [6.45, 7) is 6.56. The van der Waals surface area contributed by atoms with Gasteiger partial charge in [-0.3, -0.25) is 0 Å². The number of rotatable bonds is 9. The van der Waals surface area contributed by atoms with Crippen LogP contribution in [0.2, 0.25) is 0 Å². The maximum atomic E-state index is 11.5. The third-order valence-electron chi connectivity index (χ3n) is 3.67. The lowest BCUT2D eigenvalue weighted by Crippen LogP contribution is -2.02. The second-order valence-corrected chi connectivity index (χ2v) is 5.55. The van der Waals surface area contributed by atoms with Gasteiger partial charge in [-0.05, 0) is 67.5 Å². The highest BCUT2D eigenvalue weighted by atomic mass is 16.5. The fraction of sp³-hybridized carbons (Fsp3) is 0.526. The number of anilines is 1. The van der Waals surface area contributed by atoms with Crippen LogP contribution in [0.4, 0.5) is 5.69 Å². The van der Waals surface area contributed by atoms with Crippen LogP contribution in [-0.2, 0) is 22.4 Å². The Morgan fingerprint density at radius 3 is 2.09 bits per heavy atom. The summed E-state index contributed by atoms with van der Waals surface area (Å²) in [6, 6.07) is 4.19. The Hall–Kier alpha value is -1.77. The van der Waals surface area contributed by atoms with Gasteiger partial charge in [0.15, 0.2) is 0 Å². The molecule has 0 heterocycles. The van der Waals surface area contributed by atoms with Crippen molar-refractivity contribution >= 4 is 17.7 Å². The Morgan fingerprint density at radius 1 is 1.09 bits per heavy atom. The lowest BCUT2D eigenvalue weighted by molar-refractivity contribution is -0.137. The van der Waals surface area contributed by atoms with Crippen molar-refractivity contribution < 1.29 is 9.53 Å². The molecule has 0 saturated heterocycles. The van der Waals surface area contributed by atoms with E-state index in [1.165, 1.54) is 17.2 Å². The number of nitrogens with two attached hydrogens (primary N) is 1. The molecule has 1 aromatic carbocycles. The summed E-state index contributed by atoms with van der Waals surface area (Å²) >= 11 is 0. The van der Waals surface area contributed by atoms with E-state index < -0.39 is 0 Å². The summed E-state index contributed by atoms with van der Waals surface area (Å²) in [5.41, 5.74) is 10.7. The number of hydrogen-bond donors (Lipinski definition) is 1. The molecule has 0 atom stereocenters. The average molecular weight is 303 g/mol. The molecule has 0 amide bonds. The largest absolute Gasteiger partial charge is 0.463 e. The smallest absolute Gasteiger partial charge is 0.330 e. The Kier molecular flexibility index (Phi) is 8.34. The van der Waals surface area contributed by atoms with Gasteiger partial charge in [-0.1, -0.05) is 26.7 Å². The van der Waals surface area contributed by atoms with Gasteiger partial charge < -0.3 is 10.5 Å². The zero-order valence-corrected chi connectivity index (χ0v) is 14.2. The number of unbranched alkanes of at least 4 members (excludes halogenated alkanes) is 2. The number of ether oxygens (including phenoxy) is 1. The van der Waals surface area contributed by atoms with E-state index in [0.717, 1.165) is 49.8 Å². The van der Waals surface area contributed by atoms with E-state index in [0.29, 0.717) is 6.61 Å². The van der Waals surface area contributed by atoms with Gasteiger partial charge in [-0.15, -0.1) is 0 Å².